The Labute approximate surface area is 121 Å². The summed E-state index contributed by atoms with van der Waals surface area (Å²) >= 11 is 0. The van der Waals surface area contributed by atoms with Gasteiger partial charge in [-0.15, -0.1) is 0 Å². The predicted octanol–water partition coefficient (Wildman–Crippen LogP) is 3.81. The number of aliphatic hydroxyl groups is 1. The first kappa shape index (κ1) is 16.7. The van der Waals surface area contributed by atoms with E-state index in [1.807, 2.05) is 30.3 Å². The first-order valence-electron chi connectivity index (χ1n) is 7.12. The Hall–Kier alpha value is -1.35. The molecule has 2 atom stereocenters. The SMILES string of the molecule is CC(=O)O.CC1CC(C)(C)CC(O)(c2ccccc2)C1. The molecule has 0 aliphatic heterocycles. The fourth-order valence-corrected chi connectivity index (χ4v) is 3.50. The number of aliphatic carboxylic acids is 1. The van der Waals surface area contributed by atoms with Gasteiger partial charge in [0.1, 0.15) is 0 Å². The fourth-order valence-electron chi connectivity index (χ4n) is 3.50. The van der Waals surface area contributed by atoms with Crippen molar-refractivity contribution >= 4 is 5.97 Å². The third-order valence-electron chi connectivity index (χ3n) is 3.67. The molecule has 2 unspecified atom stereocenters. The molecule has 0 aromatic heterocycles. The molecule has 2 rings (SSSR count). The molecule has 1 fully saturated rings. The van der Waals surface area contributed by atoms with Crippen molar-refractivity contribution in [3.8, 4) is 0 Å². The van der Waals surface area contributed by atoms with E-state index in [0.717, 1.165) is 25.3 Å². The van der Waals surface area contributed by atoms with Crippen molar-refractivity contribution in [2.24, 2.45) is 11.3 Å². The molecule has 1 saturated carbocycles. The van der Waals surface area contributed by atoms with Crippen molar-refractivity contribution in [2.45, 2.75) is 52.6 Å². The Morgan fingerprint density at radius 1 is 1.20 bits per heavy atom. The molecule has 0 saturated heterocycles. The van der Waals surface area contributed by atoms with Crippen LogP contribution in [0.25, 0.3) is 0 Å². The van der Waals surface area contributed by atoms with Gasteiger partial charge in [-0.2, -0.15) is 0 Å². The molecule has 3 heteroatoms. The van der Waals surface area contributed by atoms with Crippen LogP contribution in [0, 0.1) is 11.3 Å². The number of hydrogen-bond donors (Lipinski definition) is 2. The third-order valence-corrected chi connectivity index (χ3v) is 3.67. The van der Waals surface area contributed by atoms with Crippen LogP contribution in [0.3, 0.4) is 0 Å². The monoisotopic (exact) mass is 278 g/mol. The molecular formula is C17H26O3. The van der Waals surface area contributed by atoms with E-state index in [9.17, 15) is 5.11 Å². The highest BCUT2D eigenvalue weighted by molar-refractivity contribution is 5.62. The number of carboxylic acid groups (broad SMARTS) is 1. The van der Waals surface area contributed by atoms with Crippen molar-refractivity contribution in [3.05, 3.63) is 35.9 Å². The summed E-state index contributed by atoms with van der Waals surface area (Å²) in [7, 11) is 0. The second kappa shape index (κ2) is 6.40. The van der Waals surface area contributed by atoms with Gasteiger partial charge in [0.2, 0.25) is 0 Å². The van der Waals surface area contributed by atoms with Gasteiger partial charge >= 0.3 is 0 Å². The molecular weight excluding hydrogens is 252 g/mol. The van der Waals surface area contributed by atoms with Crippen LogP contribution < -0.4 is 0 Å². The van der Waals surface area contributed by atoms with Crippen molar-refractivity contribution in [2.75, 3.05) is 0 Å². The average Bonchev–Trinajstić information content (AvgIpc) is 2.26. The number of benzene rings is 1. The lowest BCUT2D eigenvalue weighted by atomic mass is 9.64. The summed E-state index contributed by atoms with van der Waals surface area (Å²) in [5.74, 6) is -0.242. The Morgan fingerprint density at radius 3 is 2.15 bits per heavy atom. The van der Waals surface area contributed by atoms with E-state index >= 15 is 0 Å². The Morgan fingerprint density at radius 2 is 1.70 bits per heavy atom. The molecule has 20 heavy (non-hydrogen) atoms. The molecule has 1 aromatic carbocycles. The zero-order valence-electron chi connectivity index (χ0n) is 12.9. The third kappa shape index (κ3) is 4.97. The normalized spacial score (nSPS) is 28.1. The fraction of sp³-hybridized carbons (Fsp3) is 0.588. The summed E-state index contributed by atoms with van der Waals surface area (Å²) in [4.78, 5) is 9.00. The minimum atomic E-state index is -0.833. The molecule has 3 nitrogen and oxygen atoms in total. The highest BCUT2D eigenvalue weighted by atomic mass is 16.4. The van der Waals surface area contributed by atoms with Crippen LogP contribution in [0.5, 0.6) is 0 Å². The van der Waals surface area contributed by atoms with Crippen LogP contribution in [0.4, 0.5) is 0 Å². The maximum absolute atomic E-state index is 10.8. The van der Waals surface area contributed by atoms with Crippen LogP contribution in [0.15, 0.2) is 30.3 Å². The van der Waals surface area contributed by atoms with E-state index in [1.54, 1.807) is 0 Å². The highest BCUT2D eigenvalue weighted by Gasteiger charge is 2.42. The van der Waals surface area contributed by atoms with Crippen LogP contribution in [-0.4, -0.2) is 16.2 Å². The molecule has 1 aliphatic rings. The van der Waals surface area contributed by atoms with Gasteiger partial charge < -0.3 is 10.2 Å². The summed E-state index contributed by atoms with van der Waals surface area (Å²) in [6, 6.07) is 10.1. The molecule has 0 heterocycles. The van der Waals surface area contributed by atoms with E-state index in [4.69, 9.17) is 9.90 Å². The molecule has 112 valence electrons. The topological polar surface area (TPSA) is 57.5 Å². The van der Waals surface area contributed by atoms with Gasteiger partial charge in [-0.3, -0.25) is 4.79 Å². The number of hydrogen-bond acceptors (Lipinski definition) is 2. The quantitative estimate of drug-likeness (QED) is 0.821. The van der Waals surface area contributed by atoms with Crippen molar-refractivity contribution in [3.63, 3.8) is 0 Å². The van der Waals surface area contributed by atoms with E-state index < -0.39 is 11.6 Å². The maximum Gasteiger partial charge on any atom is 0.300 e. The minimum absolute atomic E-state index is 0.238. The summed E-state index contributed by atoms with van der Waals surface area (Å²) in [5, 5.41) is 18.3. The Bertz CT molecular complexity index is 435. The molecule has 0 amide bonds. The lowest BCUT2D eigenvalue weighted by Gasteiger charge is -2.45. The lowest BCUT2D eigenvalue weighted by Crippen LogP contribution is -2.39. The van der Waals surface area contributed by atoms with Gasteiger partial charge in [0.25, 0.3) is 5.97 Å². The first-order valence-corrected chi connectivity index (χ1v) is 7.12. The minimum Gasteiger partial charge on any atom is -0.481 e. The van der Waals surface area contributed by atoms with Gasteiger partial charge in [0, 0.05) is 6.92 Å². The first-order chi connectivity index (χ1) is 9.15. The summed E-state index contributed by atoms with van der Waals surface area (Å²) in [6.45, 7) is 7.85. The average molecular weight is 278 g/mol. The van der Waals surface area contributed by atoms with E-state index in [-0.39, 0.29) is 5.41 Å². The molecule has 0 radical (unpaired) electrons. The smallest absolute Gasteiger partial charge is 0.300 e. The molecule has 0 bridgehead atoms. The Kier molecular flexibility index (Phi) is 5.35. The van der Waals surface area contributed by atoms with Crippen molar-refractivity contribution in [1.82, 2.24) is 0 Å². The van der Waals surface area contributed by atoms with Crippen LogP contribution in [-0.2, 0) is 10.4 Å². The standard InChI is InChI=1S/C15H22O.C2H4O2/c1-12-9-14(2,3)11-15(16,10-12)13-7-5-4-6-8-13;1-2(3)4/h4-8,12,16H,9-11H2,1-3H3;1H3,(H,3,4). The largest absolute Gasteiger partial charge is 0.481 e. The molecule has 2 N–H and O–H groups in total. The van der Waals surface area contributed by atoms with Gasteiger partial charge in [0.15, 0.2) is 0 Å². The van der Waals surface area contributed by atoms with Crippen LogP contribution in [0.2, 0.25) is 0 Å². The Balaban J connectivity index is 0.000000444. The van der Waals surface area contributed by atoms with Crippen molar-refractivity contribution in [1.29, 1.82) is 0 Å². The van der Waals surface area contributed by atoms with Crippen LogP contribution >= 0.6 is 0 Å². The van der Waals surface area contributed by atoms with Gasteiger partial charge in [-0.25, -0.2) is 0 Å². The predicted molar refractivity (Wildman–Crippen MR) is 80.4 cm³/mol. The molecule has 1 aromatic rings. The maximum atomic E-state index is 10.8. The second-order valence-corrected chi connectivity index (χ2v) is 6.77. The summed E-state index contributed by atoms with van der Waals surface area (Å²) < 4.78 is 0. The summed E-state index contributed by atoms with van der Waals surface area (Å²) in [6.07, 6.45) is 2.97. The zero-order valence-corrected chi connectivity index (χ0v) is 12.9. The van der Waals surface area contributed by atoms with Crippen molar-refractivity contribution < 1.29 is 15.0 Å². The van der Waals surface area contributed by atoms with E-state index in [1.165, 1.54) is 6.42 Å². The lowest BCUT2D eigenvalue weighted by molar-refractivity contribution is -0.134. The highest BCUT2D eigenvalue weighted by Crippen LogP contribution is 2.48. The van der Waals surface area contributed by atoms with E-state index in [0.29, 0.717) is 5.92 Å². The van der Waals surface area contributed by atoms with Gasteiger partial charge in [-0.05, 0) is 36.2 Å². The summed E-state index contributed by atoms with van der Waals surface area (Å²) in [5.41, 5.74) is 0.694. The van der Waals surface area contributed by atoms with Crippen LogP contribution in [0.1, 0.15) is 52.5 Å². The second-order valence-electron chi connectivity index (χ2n) is 6.77. The molecule has 0 spiro atoms. The van der Waals surface area contributed by atoms with Gasteiger partial charge in [-0.1, -0.05) is 51.1 Å². The van der Waals surface area contributed by atoms with Gasteiger partial charge in [0.05, 0.1) is 5.60 Å². The zero-order chi connectivity index (χ0) is 15.4. The number of carboxylic acids is 1. The van der Waals surface area contributed by atoms with E-state index in [2.05, 4.69) is 20.8 Å². The number of carbonyl (C=O) groups is 1. The molecule has 1 aliphatic carbocycles. The number of rotatable bonds is 1.